The van der Waals surface area contributed by atoms with E-state index >= 15 is 0 Å². The monoisotopic (exact) mass is 222 g/mol. The van der Waals surface area contributed by atoms with Crippen molar-refractivity contribution >= 4 is 0 Å². The molecule has 1 aromatic rings. The van der Waals surface area contributed by atoms with Crippen molar-refractivity contribution in [2.24, 2.45) is 5.92 Å². The standard InChI is InChI=1S/C11H18N4O/c16-11-3-1-2-10-13-9(14-15(10)11)6-8-4-5-12-7-8/h8,11-12,16H,1-7H2. The maximum atomic E-state index is 9.78. The molecule has 0 radical (unpaired) electrons. The topological polar surface area (TPSA) is 63.0 Å². The molecule has 0 bridgehead atoms. The van der Waals surface area contributed by atoms with Crippen LogP contribution in [0.1, 0.15) is 37.1 Å². The summed E-state index contributed by atoms with van der Waals surface area (Å²) in [5.41, 5.74) is 0. The maximum absolute atomic E-state index is 9.78. The normalized spacial score (nSPS) is 29.3. The van der Waals surface area contributed by atoms with Gasteiger partial charge in [-0.25, -0.2) is 9.67 Å². The molecule has 1 aromatic heterocycles. The van der Waals surface area contributed by atoms with Gasteiger partial charge in [-0.15, -0.1) is 0 Å². The Morgan fingerprint density at radius 3 is 3.12 bits per heavy atom. The van der Waals surface area contributed by atoms with Crippen LogP contribution in [-0.4, -0.2) is 33.0 Å². The lowest BCUT2D eigenvalue weighted by atomic mass is 10.1. The lowest BCUT2D eigenvalue weighted by Gasteiger charge is -2.17. The summed E-state index contributed by atoms with van der Waals surface area (Å²) in [6, 6.07) is 0. The molecule has 0 amide bonds. The molecular weight excluding hydrogens is 204 g/mol. The maximum Gasteiger partial charge on any atom is 0.151 e. The van der Waals surface area contributed by atoms with Crippen LogP contribution in [0.15, 0.2) is 0 Å². The molecule has 5 nitrogen and oxygen atoms in total. The van der Waals surface area contributed by atoms with E-state index in [1.807, 2.05) is 0 Å². The Bertz CT molecular complexity index is 370. The molecule has 88 valence electrons. The fourth-order valence-electron chi connectivity index (χ4n) is 2.61. The van der Waals surface area contributed by atoms with Crippen LogP contribution in [0.25, 0.3) is 0 Å². The summed E-state index contributed by atoms with van der Waals surface area (Å²) in [6.07, 6.45) is 4.48. The Labute approximate surface area is 94.9 Å². The number of aromatic nitrogens is 3. The average molecular weight is 222 g/mol. The highest BCUT2D eigenvalue weighted by Crippen LogP contribution is 2.22. The van der Waals surface area contributed by atoms with E-state index < -0.39 is 6.23 Å². The van der Waals surface area contributed by atoms with Crippen LogP contribution in [0.5, 0.6) is 0 Å². The second kappa shape index (κ2) is 4.14. The van der Waals surface area contributed by atoms with Gasteiger partial charge in [0.15, 0.2) is 5.82 Å². The van der Waals surface area contributed by atoms with Gasteiger partial charge in [-0.05, 0) is 38.3 Å². The highest BCUT2D eigenvalue weighted by atomic mass is 16.3. The summed E-state index contributed by atoms with van der Waals surface area (Å²) in [5.74, 6) is 2.53. The fraction of sp³-hybridized carbons (Fsp3) is 0.818. The van der Waals surface area contributed by atoms with Gasteiger partial charge in [-0.1, -0.05) is 0 Å². The number of hydrogen-bond donors (Lipinski definition) is 2. The molecule has 0 aromatic carbocycles. The first-order valence-corrected chi connectivity index (χ1v) is 6.16. The molecule has 2 aliphatic heterocycles. The van der Waals surface area contributed by atoms with Gasteiger partial charge in [0.2, 0.25) is 0 Å². The van der Waals surface area contributed by atoms with Crippen LogP contribution in [0, 0.1) is 5.92 Å². The van der Waals surface area contributed by atoms with Crippen molar-refractivity contribution in [2.45, 2.75) is 38.3 Å². The molecule has 3 rings (SSSR count). The number of aryl methyl sites for hydroxylation is 1. The predicted molar refractivity (Wildman–Crippen MR) is 58.9 cm³/mol. The van der Waals surface area contributed by atoms with E-state index in [9.17, 15) is 5.11 Å². The smallest absolute Gasteiger partial charge is 0.151 e. The molecule has 1 saturated heterocycles. The number of hydrogen-bond acceptors (Lipinski definition) is 4. The second-order valence-corrected chi connectivity index (χ2v) is 4.82. The summed E-state index contributed by atoms with van der Waals surface area (Å²) in [6.45, 7) is 2.19. The van der Waals surface area contributed by atoms with Gasteiger partial charge in [0.25, 0.3) is 0 Å². The second-order valence-electron chi connectivity index (χ2n) is 4.82. The molecule has 1 fully saturated rings. The molecule has 2 aliphatic rings. The van der Waals surface area contributed by atoms with E-state index in [4.69, 9.17) is 0 Å². The SMILES string of the molecule is OC1CCCc2nc(CC3CCNC3)nn21. The minimum atomic E-state index is -0.452. The largest absolute Gasteiger partial charge is 0.372 e. The van der Waals surface area contributed by atoms with E-state index in [-0.39, 0.29) is 0 Å². The first kappa shape index (κ1) is 10.2. The zero-order chi connectivity index (χ0) is 11.0. The number of fused-ring (bicyclic) bond motifs is 1. The molecule has 2 N–H and O–H groups in total. The van der Waals surface area contributed by atoms with Crippen LogP contribution < -0.4 is 5.32 Å². The first-order valence-electron chi connectivity index (χ1n) is 6.16. The molecule has 0 aliphatic carbocycles. The van der Waals surface area contributed by atoms with Crippen molar-refractivity contribution in [1.29, 1.82) is 0 Å². The van der Waals surface area contributed by atoms with E-state index in [0.29, 0.717) is 5.92 Å². The average Bonchev–Trinajstić information content (AvgIpc) is 2.88. The van der Waals surface area contributed by atoms with Gasteiger partial charge in [0.1, 0.15) is 12.1 Å². The zero-order valence-electron chi connectivity index (χ0n) is 9.39. The molecule has 0 spiro atoms. The highest BCUT2D eigenvalue weighted by Gasteiger charge is 2.23. The third-order valence-corrected chi connectivity index (χ3v) is 3.52. The molecule has 16 heavy (non-hydrogen) atoms. The lowest BCUT2D eigenvalue weighted by molar-refractivity contribution is 0.0643. The van der Waals surface area contributed by atoms with Gasteiger partial charge in [-0.2, -0.15) is 5.10 Å². The highest BCUT2D eigenvalue weighted by molar-refractivity contribution is 4.98. The Balaban J connectivity index is 1.75. The minimum Gasteiger partial charge on any atom is -0.372 e. The molecule has 0 saturated carbocycles. The Hall–Kier alpha value is -0.940. The van der Waals surface area contributed by atoms with E-state index in [1.165, 1.54) is 6.42 Å². The Morgan fingerprint density at radius 2 is 2.38 bits per heavy atom. The van der Waals surface area contributed by atoms with E-state index in [1.54, 1.807) is 4.68 Å². The van der Waals surface area contributed by atoms with E-state index in [2.05, 4.69) is 15.4 Å². The molecule has 3 heterocycles. The van der Waals surface area contributed by atoms with Crippen LogP contribution in [0.3, 0.4) is 0 Å². The quantitative estimate of drug-likeness (QED) is 0.753. The van der Waals surface area contributed by atoms with Crippen LogP contribution >= 0.6 is 0 Å². The number of aliphatic hydroxyl groups excluding tert-OH is 1. The third-order valence-electron chi connectivity index (χ3n) is 3.52. The minimum absolute atomic E-state index is 0.452. The van der Waals surface area contributed by atoms with Gasteiger partial charge < -0.3 is 10.4 Å². The van der Waals surface area contributed by atoms with Crippen molar-refractivity contribution < 1.29 is 5.11 Å². The van der Waals surface area contributed by atoms with E-state index in [0.717, 1.165) is 50.4 Å². The zero-order valence-corrected chi connectivity index (χ0v) is 9.39. The summed E-state index contributed by atoms with van der Waals surface area (Å²) >= 11 is 0. The Morgan fingerprint density at radius 1 is 1.44 bits per heavy atom. The third kappa shape index (κ3) is 1.85. The summed E-state index contributed by atoms with van der Waals surface area (Å²) in [4.78, 5) is 4.53. The molecule has 2 atom stereocenters. The number of nitrogens with zero attached hydrogens (tertiary/aromatic N) is 3. The van der Waals surface area contributed by atoms with Crippen molar-refractivity contribution in [1.82, 2.24) is 20.1 Å². The lowest BCUT2D eigenvalue weighted by Crippen LogP contribution is -2.18. The summed E-state index contributed by atoms with van der Waals surface area (Å²) < 4.78 is 1.71. The Kier molecular flexibility index (Phi) is 2.65. The van der Waals surface area contributed by atoms with Crippen molar-refractivity contribution in [3.05, 3.63) is 11.6 Å². The van der Waals surface area contributed by atoms with Crippen molar-refractivity contribution in [2.75, 3.05) is 13.1 Å². The van der Waals surface area contributed by atoms with Gasteiger partial charge >= 0.3 is 0 Å². The number of rotatable bonds is 2. The molecule has 2 unspecified atom stereocenters. The molecular formula is C11H18N4O. The number of aliphatic hydroxyl groups is 1. The van der Waals surface area contributed by atoms with Gasteiger partial charge in [0, 0.05) is 12.8 Å². The van der Waals surface area contributed by atoms with Gasteiger partial charge in [0.05, 0.1) is 0 Å². The summed E-state index contributed by atoms with van der Waals surface area (Å²) in [7, 11) is 0. The number of nitrogens with one attached hydrogen (secondary N) is 1. The van der Waals surface area contributed by atoms with Crippen molar-refractivity contribution in [3.8, 4) is 0 Å². The molecule has 5 heteroatoms. The summed E-state index contributed by atoms with van der Waals surface area (Å²) in [5, 5.41) is 17.6. The van der Waals surface area contributed by atoms with Crippen LogP contribution in [0.2, 0.25) is 0 Å². The van der Waals surface area contributed by atoms with Crippen LogP contribution in [-0.2, 0) is 12.8 Å². The fourth-order valence-corrected chi connectivity index (χ4v) is 2.61. The first-order chi connectivity index (χ1) is 7.83. The van der Waals surface area contributed by atoms with Crippen molar-refractivity contribution in [3.63, 3.8) is 0 Å². The van der Waals surface area contributed by atoms with Crippen LogP contribution in [0.4, 0.5) is 0 Å². The van der Waals surface area contributed by atoms with Gasteiger partial charge in [-0.3, -0.25) is 0 Å². The predicted octanol–water partition coefficient (Wildman–Crippen LogP) is 0.257.